The van der Waals surface area contributed by atoms with E-state index in [1.807, 2.05) is 0 Å². The fraction of sp³-hybridized carbons (Fsp3) is 0.685. The number of allylic oxidation sites excluding steroid dienone is 14. The summed E-state index contributed by atoms with van der Waals surface area (Å²) < 4.78 is 16.7. The molecule has 0 saturated carbocycles. The minimum atomic E-state index is -0.802. The van der Waals surface area contributed by atoms with Crippen molar-refractivity contribution < 1.29 is 28.6 Å². The molecule has 0 spiro atoms. The van der Waals surface area contributed by atoms with Gasteiger partial charge in [0.25, 0.3) is 0 Å². The van der Waals surface area contributed by atoms with Gasteiger partial charge in [-0.1, -0.05) is 196 Å². The van der Waals surface area contributed by atoms with Gasteiger partial charge in [-0.05, 0) is 89.9 Å². The summed E-state index contributed by atoms with van der Waals surface area (Å²) in [4.78, 5) is 37.9. The first-order valence-corrected chi connectivity index (χ1v) is 24.6. The van der Waals surface area contributed by atoms with Crippen LogP contribution in [0.4, 0.5) is 0 Å². The van der Waals surface area contributed by atoms with E-state index in [0.717, 1.165) is 109 Å². The summed E-state index contributed by atoms with van der Waals surface area (Å²) in [6.07, 6.45) is 61.4. The van der Waals surface area contributed by atoms with Crippen molar-refractivity contribution in [3.63, 3.8) is 0 Å². The van der Waals surface area contributed by atoms with Crippen LogP contribution in [-0.4, -0.2) is 37.2 Å². The number of ether oxygens (including phenoxy) is 3. The third-order valence-electron chi connectivity index (χ3n) is 10.1. The maximum atomic E-state index is 12.8. The Morgan fingerprint density at radius 2 is 0.650 bits per heavy atom. The second-order valence-corrected chi connectivity index (χ2v) is 16.0. The zero-order valence-corrected chi connectivity index (χ0v) is 38.9. The fourth-order valence-electron chi connectivity index (χ4n) is 6.50. The molecule has 60 heavy (non-hydrogen) atoms. The van der Waals surface area contributed by atoms with Gasteiger partial charge in [0, 0.05) is 19.3 Å². The normalized spacial score (nSPS) is 12.8. The maximum absolute atomic E-state index is 12.8. The first-order valence-electron chi connectivity index (χ1n) is 24.6. The Morgan fingerprint density at radius 3 is 1.05 bits per heavy atom. The third-order valence-corrected chi connectivity index (χ3v) is 10.1. The molecule has 0 aromatic heterocycles. The molecule has 0 bridgehead atoms. The number of unbranched alkanes of at least 4 members (excludes halogenated alkanes) is 18. The Labute approximate surface area is 369 Å². The average molecular weight is 835 g/mol. The summed E-state index contributed by atoms with van der Waals surface area (Å²) in [7, 11) is 0. The number of hydrogen-bond acceptors (Lipinski definition) is 6. The molecule has 0 saturated heterocycles. The summed E-state index contributed by atoms with van der Waals surface area (Å²) in [5.41, 5.74) is 0. The molecule has 0 aliphatic carbocycles. The third kappa shape index (κ3) is 45.7. The lowest BCUT2D eigenvalue weighted by Gasteiger charge is -2.18. The van der Waals surface area contributed by atoms with Gasteiger partial charge in [-0.25, -0.2) is 0 Å². The molecule has 0 N–H and O–H groups in total. The summed E-state index contributed by atoms with van der Waals surface area (Å²) in [6.45, 7) is 6.34. The van der Waals surface area contributed by atoms with Crippen molar-refractivity contribution in [1.29, 1.82) is 0 Å². The molecule has 0 fully saturated rings. The number of esters is 3. The molecule has 342 valence electrons. The lowest BCUT2D eigenvalue weighted by Crippen LogP contribution is -2.30. The highest BCUT2D eigenvalue weighted by Gasteiger charge is 2.19. The van der Waals surface area contributed by atoms with Gasteiger partial charge in [0.05, 0.1) is 0 Å². The zero-order valence-electron chi connectivity index (χ0n) is 38.9. The van der Waals surface area contributed by atoms with Gasteiger partial charge in [0.1, 0.15) is 13.2 Å². The van der Waals surface area contributed by atoms with Gasteiger partial charge in [-0.2, -0.15) is 0 Å². The van der Waals surface area contributed by atoms with Crippen LogP contribution in [-0.2, 0) is 28.6 Å². The summed E-state index contributed by atoms with van der Waals surface area (Å²) in [6, 6.07) is 0. The molecule has 0 aromatic rings. The largest absolute Gasteiger partial charge is 0.462 e. The molecule has 1 atom stereocenters. The molecule has 0 heterocycles. The molecular weight excluding hydrogens is 745 g/mol. The Morgan fingerprint density at radius 1 is 0.350 bits per heavy atom. The molecule has 0 rings (SSSR count). The molecule has 0 aliphatic rings. The number of carbonyl (C=O) groups excluding carboxylic acids is 3. The summed E-state index contributed by atoms with van der Waals surface area (Å²) >= 11 is 0. The topological polar surface area (TPSA) is 78.9 Å². The van der Waals surface area contributed by atoms with Crippen LogP contribution in [0.1, 0.15) is 220 Å². The first-order chi connectivity index (χ1) is 29.5. The predicted octanol–water partition coefficient (Wildman–Crippen LogP) is 16.0. The molecular formula is C54H90O6. The Kier molecular flexibility index (Phi) is 45.5. The lowest BCUT2D eigenvalue weighted by molar-refractivity contribution is -0.167. The number of rotatable bonds is 43. The van der Waals surface area contributed by atoms with Crippen LogP contribution in [0, 0.1) is 0 Å². The predicted molar refractivity (Wildman–Crippen MR) is 256 cm³/mol. The van der Waals surface area contributed by atoms with Crippen molar-refractivity contribution in [2.45, 2.75) is 226 Å². The Balaban J connectivity index is 4.48. The monoisotopic (exact) mass is 835 g/mol. The van der Waals surface area contributed by atoms with Crippen molar-refractivity contribution in [3.8, 4) is 0 Å². The van der Waals surface area contributed by atoms with E-state index in [4.69, 9.17) is 14.2 Å². The second-order valence-electron chi connectivity index (χ2n) is 16.0. The SMILES string of the molecule is CC/C=C\C/C=C\C/C=C\C/C=C\CCCCCC(=O)OCC(COC(=O)CCCC/C=C\C/C=C\C/C=C\CC)OC(=O)CCCCCCCCCCCCCCCC. The van der Waals surface area contributed by atoms with E-state index in [1.165, 1.54) is 70.6 Å². The quantitative estimate of drug-likeness (QED) is 0.0263. The average Bonchev–Trinajstić information content (AvgIpc) is 3.24. The minimum absolute atomic E-state index is 0.104. The summed E-state index contributed by atoms with van der Waals surface area (Å²) in [5.74, 6) is -0.974. The fourth-order valence-corrected chi connectivity index (χ4v) is 6.50. The van der Waals surface area contributed by atoms with Crippen molar-refractivity contribution in [1.82, 2.24) is 0 Å². The van der Waals surface area contributed by atoms with Crippen molar-refractivity contribution in [2.24, 2.45) is 0 Å². The van der Waals surface area contributed by atoms with E-state index in [0.29, 0.717) is 19.3 Å². The molecule has 0 amide bonds. The van der Waals surface area contributed by atoms with Gasteiger partial charge >= 0.3 is 17.9 Å². The molecule has 0 aliphatic heterocycles. The van der Waals surface area contributed by atoms with Gasteiger partial charge in [-0.15, -0.1) is 0 Å². The maximum Gasteiger partial charge on any atom is 0.306 e. The van der Waals surface area contributed by atoms with Gasteiger partial charge in [-0.3, -0.25) is 14.4 Å². The molecule has 0 radical (unpaired) electrons. The Hall–Kier alpha value is -3.41. The van der Waals surface area contributed by atoms with E-state index in [9.17, 15) is 14.4 Å². The number of carbonyl (C=O) groups is 3. The van der Waals surface area contributed by atoms with Crippen LogP contribution < -0.4 is 0 Å². The molecule has 1 unspecified atom stereocenters. The molecule has 0 aromatic carbocycles. The minimum Gasteiger partial charge on any atom is -0.462 e. The van der Waals surface area contributed by atoms with E-state index >= 15 is 0 Å². The van der Waals surface area contributed by atoms with E-state index in [-0.39, 0.29) is 31.1 Å². The Bertz CT molecular complexity index is 1190. The van der Waals surface area contributed by atoms with Gasteiger partial charge < -0.3 is 14.2 Å². The number of hydrogen-bond donors (Lipinski definition) is 0. The molecule has 6 heteroatoms. The van der Waals surface area contributed by atoms with E-state index in [1.54, 1.807) is 0 Å². The van der Waals surface area contributed by atoms with Crippen molar-refractivity contribution in [3.05, 3.63) is 85.1 Å². The van der Waals surface area contributed by atoms with Crippen LogP contribution in [0.3, 0.4) is 0 Å². The van der Waals surface area contributed by atoms with E-state index < -0.39 is 6.10 Å². The molecule has 6 nitrogen and oxygen atoms in total. The highest BCUT2D eigenvalue weighted by Crippen LogP contribution is 2.14. The van der Waals surface area contributed by atoms with Gasteiger partial charge in [0.2, 0.25) is 0 Å². The highest BCUT2D eigenvalue weighted by molar-refractivity contribution is 5.71. The zero-order chi connectivity index (χ0) is 43.7. The lowest BCUT2D eigenvalue weighted by atomic mass is 10.0. The van der Waals surface area contributed by atoms with Crippen LogP contribution in [0.25, 0.3) is 0 Å². The summed E-state index contributed by atoms with van der Waals surface area (Å²) in [5, 5.41) is 0. The van der Waals surface area contributed by atoms with Crippen molar-refractivity contribution in [2.75, 3.05) is 13.2 Å². The smallest absolute Gasteiger partial charge is 0.306 e. The second kappa shape index (κ2) is 48.3. The highest BCUT2D eigenvalue weighted by atomic mass is 16.6. The van der Waals surface area contributed by atoms with Crippen LogP contribution in [0.15, 0.2) is 85.1 Å². The first kappa shape index (κ1) is 56.6. The van der Waals surface area contributed by atoms with Crippen LogP contribution in [0.2, 0.25) is 0 Å². The standard InChI is InChI=1S/C54H90O6/c1-4-7-10-13-16-19-22-25-27-28-30-32-35-38-41-44-47-53(56)59-50-51(49-58-52(55)46-43-40-37-34-31-24-21-18-15-12-9-6-3)60-54(57)48-45-42-39-36-33-29-26-23-20-17-14-11-8-5-2/h7,9-10,12,16,18-19,21,25,27,30-32,34,51H,4-6,8,11,13-15,17,20,22-24,26,28-29,33,35-50H2,1-3H3/b10-7-,12-9-,19-16-,21-18-,27-25-,32-30-,34-31-. The van der Waals surface area contributed by atoms with Crippen molar-refractivity contribution >= 4 is 17.9 Å². The van der Waals surface area contributed by atoms with Crippen LogP contribution in [0.5, 0.6) is 0 Å². The van der Waals surface area contributed by atoms with Crippen LogP contribution >= 0.6 is 0 Å². The van der Waals surface area contributed by atoms with E-state index in [2.05, 4.69) is 106 Å². The van der Waals surface area contributed by atoms with Gasteiger partial charge in [0.15, 0.2) is 6.10 Å².